The molecule has 128 valence electrons. The molecule has 0 saturated carbocycles. The summed E-state index contributed by atoms with van der Waals surface area (Å²) in [5.74, 6) is 0.850. The highest BCUT2D eigenvalue weighted by Crippen LogP contribution is 2.17. The first-order chi connectivity index (χ1) is 12.3. The summed E-state index contributed by atoms with van der Waals surface area (Å²) in [4.78, 5) is 29.6. The second-order valence-electron chi connectivity index (χ2n) is 5.81. The molecule has 0 spiro atoms. The van der Waals surface area contributed by atoms with Crippen molar-refractivity contribution in [1.29, 1.82) is 0 Å². The van der Waals surface area contributed by atoms with Crippen molar-refractivity contribution in [2.75, 3.05) is 31.1 Å². The van der Waals surface area contributed by atoms with Gasteiger partial charge in [-0.3, -0.25) is 4.79 Å². The molecule has 0 bridgehead atoms. The normalized spacial score (nSPS) is 14.7. The van der Waals surface area contributed by atoms with Gasteiger partial charge >= 0.3 is 0 Å². The molecule has 3 aromatic heterocycles. The van der Waals surface area contributed by atoms with E-state index in [9.17, 15) is 4.79 Å². The number of carbonyl (C=O) groups is 1. The summed E-state index contributed by atoms with van der Waals surface area (Å²) < 4.78 is 1.96. The monoisotopic (exact) mass is 354 g/mol. The van der Waals surface area contributed by atoms with Crippen molar-refractivity contribution in [1.82, 2.24) is 24.4 Å². The summed E-state index contributed by atoms with van der Waals surface area (Å²) in [5, 5.41) is 2.85. The Morgan fingerprint density at radius 3 is 2.48 bits per heavy atom. The van der Waals surface area contributed by atoms with Crippen LogP contribution in [0.5, 0.6) is 0 Å². The minimum atomic E-state index is 0.123. The Labute approximate surface area is 149 Å². The molecule has 25 heavy (non-hydrogen) atoms. The smallest absolute Gasteiger partial charge is 0.228 e. The van der Waals surface area contributed by atoms with Crippen LogP contribution >= 0.6 is 11.3 Å². The van der Waals surface area contributed by atoms with Gasteiger partial charge in [-0.05, 0) is 18.2 Å². The standard InChI is InChI=1S/C17H18N6OS/c24-15(12-14-13-25-17(20-14)23-6-1-2-7-23)21-8-10-22(11-9-21)16-18-4-3-5-19-16/h1-7,13H,8-12H2. The molecule has 8 heteroatoms. The van der Waals surface area contributed by atoms with Crippen LogP contribution in [0.2, 0.25) is 0 Å². The first-order valence-electron chi connectivity index (χ1n) is 8.17. The van der Waals surface area contributed by atoms with Crippen LogP contribution in [-0.4, -0.2) is 56.5 Å². The molecule has 0 aliphatic carbocycles. The molecule has 1 amide bonds. The van der Waals surface area contributed by atoms with Crippen LogP contribution in [0.15, 0.2) is 48.4 Å². The van der Waals surface area contributed by atoms with Crippen LogP contribution in [0.4, 0.5) is 5.95 Å². The average molecular weight is 354 g/mol. The Morgan fingerprint density at radius 1 is 1.04 bits per heavy atom. The summed E-state index contributed by atoms with van der Waals surface area (Å²) in [6.45, 7) is 2.88. The Morgan fingerprint density at radius 2 is 1.76 bits per heavy atom. The second-order valence-corrected chi connectivity index (χ2v) is 6.64. The predicted octanol–water partition coefficient (Wildman–Crippen LogP) is 1.62. The summed E-state index contributed by atoms with van der Waals surface area (Å²) in [7, 11) is 0. The summed E-state index contributed by atoms with van der Waals surface area (Å²) in [6, 6.07) is 5.73. The van der Waals surface area contributed by atoms with Crippen molar-refractivity contribution in [2.24, 2.45) is 0 Å². The lowest BCUT2D eigenvalue weighted by Gasteiger charge is -2.34. The van der Waals surface area contributed by atoms with Crippen molar-refractivity contribution in [3.8, 4) is 5.13 Å². The minimum Gasteiger partial charge on any atom is -0.339 e. The number of nitrogens with zero attached hydrogens (tertiary/aromatic N) is 6. The van der Waals surface area contributed by atoms with Gasteiger partial charge in [0, 0.05) is 56.3 Å². The SMILES string of the molecule is O=C(Cc1csc(-n2cccc2)n1)N1CCN(c2ncccn2)CC1. The Bertz CT molecular complexity index is 824. The van der Waals surface area contributed by atoms with E-state index in [-0.39, 0.29) is 5.91 Å². The van der Waals surface area contributed by atoms with E-state index in [1.807, 2.05) is 39.4 Å². The van der Waals surface area contributed by atoms with Crippen LogP contribution in [0.25, 0.3) is 5.13 Å². The summed E-state index contributed by atoms with van der Waals surface area (Å²) in [6.07, 6.45) is 7.74. The lowest BCUT2D eigenvalue weighted by Crippen LogP contribution is -2.49. The van der Waals surface area contributed by atoms with Crippen LogP contribution in [0.3, 0.4) is 0 Å². The largest absolute Gasteiger partial charge is 0.339 e. The van der Waals surface area contributed by atoms with Gasteiger partial charge in [0.05, 0.1) is 12.1 Å². The third-order valence-electron chi connectivity index (χ3n) is 4.16. The number of anilines is 1. The van der Waals surface area contributed by atoms with Crippen LogP contribution in [0, 0.1) is 0 Å². The van der Waals surface area contributed by atoms with Gasteiger partial charge < -0.3 is 14.4 Å². The molecule has 4 rings (SSSR count). The lowest BCUT2D eigenvalue weighted by atomic mass is 10.2. The van der Waals surface area contributed by atoms with Gasteiger partial charge in [-0.15, -0.1) is 11.3 Å². The van der Waals surface area contributed by atoms with Crippen molar-refractivity contribution in [2.45, 2.75) is 6.42 Å². The van der Waals surface area contributed by atoms with E-state index in [0.717, 1.165) is 29.9 Å². The number of amides is 1. The van der Waals surface area contributed by atoms with Gasteiger partial charge in [0.15, 0.2) is 5.13 Å². The van der Waals surface area contributed by atoms with Crippen molar-refractivity contribution in [3.05, 3.63) is 54.1 Å². The third kappa shape index (κ3) is 3.53. The first-order valence-corrected chi connectivity index (χ1v) is 9.05. The van der Waals surface area contributed by atoms with E-state index in [1.165, 1.54) is 0 Å². The van der Waals surface area contributed by atoms with Crippen LogP contribution in [-0.2, 0) is 11.2 Å². The Hall–Kier alpha value is -2.74. The van der Waals surface area contributed by atoms with Gasteiger partial charge in [0.2, 0.25) is 11.9 Å². The fraction of sp³-hybridized carbons (Fsp3) is 0.294. The van der Waals surface area contributed by atoms with Crippen LogP contribution < -0.4 is 4.90 Å². The molecule has 1 aliphatic rings. The van der Waals surface area contributed by atoms with Crippen molar-refractivity contribution >= 4 is 23.2 Å². The predicted molar refractivity (Wildman–Crippen MR) is 96.0 cm³/mol. The number of hydrogen-bond acceptors (Lipinski definition) is 6. The third-order valence-corrected chi connectivity index (χ3v) is 5.07. The Balaban J connectivity index is 1.34. The molecular weight excluding hydrogens is 336 g/mol. The number of thiazole rings is 1. The lowest BCUT2D eigenvalue weighted by molar-refractivity contribution is -0.130. The highest BCUT2D eigenvalue weighted by molar-refractivity contribution is 7.12. The number of aromatic nitrogens is 4. The van der Waals surface area contributed by atoms with Gasteiger partial charge in [-0.25, -0.2) is 15.0 Å². The van der Waals surface area contributed by atoms with E-state index in [4.69, 9.17) is 0 Å². The summed E-state index contributed by atoms with van der Waals surface area (Å²) >= 11 is 1.55. The molecule has 0 unspecified atom stereocenters. The molecule has 0 aromatic carbocycles. The quantitative estimate of drug-likeness (QED) is 0.712. The number of piperazine rings is 1. The number of hydrogen-bond donors (Lipinski definition) is 0. The topological polar surface area (TPSA) is 67.2 Å². The van der Waals surface area contributed by atoms with E-state index < -0.39 is 0 Å². The molecule has 0 atom stereocenters. The molecular formula is C17H18N6OS. The zero-order chi connectivity index (χ0) is 17.1. The minimum absolute atomic E-state index is 0.123. The molecule has 1 aliphatic heterocycles. The van der Waals surface area contributed by atoms with Gasteiger partial charge in [0.1, 0.15) is 0 Å². The zero-order valence-corrected chi connectivity index (χ0v) is 14.5. The van der Waals surface area contributed by atoms with Crippen molar-refractivity contribution in [3.63, 3.8) is 0 Å². The molecule has 4 heterocycles. The Kier molecular flexibility index (Phi) is 4.43. The molecule has 3 aromatic rings. The molecule has 1 fully saturated rings. The van der Waals surface area contributed by atoms with Crippen LogP contribution in [0.1, 0.15) is 5.69 Å². The van der Waals surface area contributed by atoms with Gasteiger partial charge in [0.25, 0.3) is 0 Å². The van der Waals surface area contributed by atoms with E-state index in [1.54, 1.807) is 29.8 Å². The summed E-state index contributed by atoms with van der Waals surface area (Å²) in [5.41, 5.74) is 0.826. The highest BCUT2D eigenvalue weighted by Gasteiger charge is 2.23. The van der Waals surface area contributed by atoms with Gasteiger partial charge in [-0.1, -0.05) is 0 Å². The molecule has 0 N–H and O–H groups in total. The maximum Gasteiger partial charge on any atom is 0.228 e. The fourth-order valence-electron chi connectivity index (χ4n) is 2.84. The second kappa shape index (κ2) is 7.02. The maximum absolute atomic E-state index is 12.5. The first kappa shape index (κ1) is 15.8. The molecule has 1 saturated heterocycles. The highest BCUT2D eigenvalue weighted by atomic mass is 32.1. The maximum atomic E-state index is 12.5. The van der Waals surface area contributed by atoms with Gasteiger partial charge in [-0.2, -0.15) is 0 Å². The molecule has 7 nitrogen and oxygen atoms in total. The average Bonchev–Trinajstić information content (AvgIpc) is 3.34. The van der Waals surface area contributed by atoms with Crippen molar-refractivity contribution < 1.29 is 4.79 Å². The van der Waals surface area contributed by atoms with E-state index in [0.29, 0.717) is 19.5 Å². The number of carbonyl (C=O) groups excluding carboxylic acids is 1. The van der Waals surface area contributed by atoms with E-state index in [2.05, 4.69) is 19.9 Å². The fourth-order valence-corrected chi connectivity index (χ4v) is 3.63. The molecule has 0 radical (unpaired) electrons. The van der Waals surface area contributed by atoms with E-state index >= 15 is 0 Å². The number of rotatable bonds is 4. The zero-order valence-electron chi connectivity index (χ0n) is 13.7.